The third-order valence-corrected chi connectivity index (χ3v) is 9.58. The van der Waals surface area contributed by atoms with Crippen LogP contribution in [0.1, 0.15) is 38.5 Å². The summed E-state index contributed by atoms with van der Waals surface area (Å²) < 4.78 is 9.80. The second-order valence-corrected chi connectivity index (χ2v) is 11.7. The van der Waals surface area contributed by atoms with Gasteiger partial charge in [-0.3, -0.25) is 9.59 Å². The molecule has 0 aromatic rings. The molecule has 1 heterocycles. The van der Waals surface area contributed by atoms with Crippen molar-refractivity contribution in [3.05, 3.63) is 0 Å². The first-order valence-electron chi connectivity index (χ1n) is 10.3. The van der Waals surface area contributed by atoms with Crippen LogP contribution >= 0.6 is 21.6 Å². The van der Waals surface area contributed by atoms with Crippen molar-refractivity contribution in [3.63, 3.8) is 0 Å². The molecule has 4 saturated carbocycles. The summed E-state index contributed by atoms with van der Waals surface area (Å²) >= 11 is 0. The van der Waals surface area contributed by atoms with Crippen LogP contribution in [-0.4, -0.2) is 61.6 Å². The number of rotatable bonds is 2. The molecule has 5 aliphatic rings. The molecule has 0 unspecified atom stereocenters. The Hall–Kier alpha value is -1.42. The molecular weight excluding hydrogens is 428 g/mol. The number of carbonyl (C=O) groups is 4. The van der Waals surface area contributed by atoms with Crippen LogP contribution in [-0.2, 0) is 28.7 Å². The van der Waals surface area contributed by atoms with E-state index >= 15 is 0 Å². The molecule has 0 aromatic carbocycles. The maximum absolute atomic E-state index is 13.4. The Morgan fingerprint density at radius 2 is 1.23 bits per heavy atom. The van der Waals surface area contributed by atoms with Gasteiger partial charge in [-0.15, -0.1) is 0 Å². The molecule has 8 nitrogen and oxygen atoms in total. The van der Waals surface area contributed by atoms with Crippen LogP contribution in [0.5, 0.6) is 0 Å². The molecule has 10 heteroatoms. The predicted octanol–water partition coefficient (Wildman–Crippen LogP) is 1.28. The van der Waals surface area contributed by atoms with E-state index < -0.39 is 34.9 Å². The van der Waals surface area contributed by atoms with Gasteiger partial charge in [0.15, 0.2) is 0 Å². The number of esters is 2. The van der Waals surface area contributed by atoms with Gasteiger partial charge >= 0.3 is 11.9 Å². The minimum atomic E-state index is -0.759. The third-order valence-electron chi connectivity index (χ3n) is 7.16. The Bertz CT molecular complexity index is 688. The normalized spacial score (nSPS) is 40.9. The Kier molecular flexibility index (Phi) is 6.00. The van der Waals surface area contributed by atoms with E-state index in [0.29, 0.717) is 29.8 Å². The standard InChI is InChI=1S/C20H28N2O6S2/c1-27-15(23)13-8-29-30-9-14(16(24)28-2)22-18(26)20-6-11-3-12(7-20)5-19(4-11,10-20)17(25)21-13/h11-14H,3-10H2,1-2H3,(H,21,25)(H,22,26)/t11?,12?,13-,14-,19?,20?/m0/s1. The Balaban J connectivity index is 1.68. The molecule has 2 spiro atoms. The number of nitrogens with one attached hydrogen (secondary N) is 2. The summed E-state index contributed by atoms with van der Waals surface area (Å²) in [5.41, 5.74) is -1.28. The second kappa shape index (κ2) is 8.26. The van der Waals surface area contributed by atoms with Crippen LogP contribution in [0.15, 0.2) is 0 Å². The average Bonchev–Trinajstić information content (AvgIpc) is 2.72. The highest BCUT2D eigenvalue weighted by Gasteiger charge is 2.63. The summed E-state index contributed by atoms with van der Waals surface area (Å²) in [5.74, 6) is 0.0125. The van der Waals surface area contributed by atoms with E-state index in [-0.39, 0.29) is 11.8 Å². The van der Waals surface area contributed by atoms with Gasteiger partial charge in [-0.05, 0) is 50.4 Å². The molecular formula is C20H28N2O6S2. The lowest BCUT2D eigenvalue weighted by Gasteiger charge is -2.60. The van der Waals surface area contributed by atoms with Crippen molar-refractivity contribution in [1.82, 2.24) is 10.6 Å². The fourth-order valence-corrected chi connectivity index (χ4v) is 8.57. The van der Waals surface area contributed by atoms with Crippen LogP contribution in [0.2, 0.25) is 0 Å². The Morgan fingerprint density at radius 1 is 0.833 bits per heavy atom. The number of carbonyl (C=O) groups excluding carboxylic acids is 4. The van der Waals surface area contributed by atoms with E-state index in [1.165, 1.54) is 35.8 Å². The van der Waals surface area contributed by atoms with Gasteiger partial charge in [0, 0.05) is 11.5 Å². The zero-order valence-corrected chi connectivity index (χ0v) is 18.9. The molecule has 4 aliphatic carbocycles. The first-order valence-corrected chi connectivity index (χ1v) is 12.8. The maximum Gasteiger partial charge on any atom is 0.329 e. The van der Waals surface area contributed by atoms with E-state index in [0.717, 1.165) is 32.1 Å². The van der Waals surface area contributed by atoms with E-state index in [1.54, 1.807) is 0 Å². The average molecular weight is 457 g/mol. The smallest absolute Gasteiger partial charge is 0.329 e. The summed E-state index contributed by atoms with van der Waals surface area (Å²) in [6.07, 6.45) is 4.51. The zero-order chi connectivity index (χ0) is 21.5. The molecule has 1 saturated heterocycles. The van der Waals surface area contributed by atoms with E-state index in [9.17, 15) is 19.2 Å². The molecule has 2 atom stereocenters. The fraction of sp³-hybridized carbons (Fsp3) is 0.800. The SMILES string of the molecule is COC(=O)[C@@H]1CSSC[C@@H](C(=O)OC)NC(=O)C23CC4CC(CC(C4)(C2)C(=O)N1)C3. The highest BCUT2D eigenvalue weighted by molar-refractivity contribution is 8.76. The molecule has 0 aromatic heterocycles. The van der Waals surface area contributed by atoms with Crippen LogP contribution in [0.4, 0.5) is 0 Å². The quantitative estimate of drug-likeness (QED) is 0.472. The lowest BCUT2D eigenvalue weighted by molar-refractivity contribution is -0.170. The van der Waals surface area contributed by atoms with Gasteiger partial charge in [-0.25, -0.2) is 9.59 Å². The number of methoxy groups -OCH3 is 2. The van der Waals surface area contributed by atoms with E-state index in [1.807, 2.05) is 0 Å². The predicted molar refractivity (Wildman–Crippen MR) is 112 cm³/mol. The van der Waals surface area contributed by atoms with Crippen LogP contribution in [0, 0.1) is 22.7 Å². The van der Waals surface area contributed by atoms with Gasteiger partial charge < -0.3 is 20.1 Å². The first kappa shape index (κ1) is 21.8. The van der Waals surface area contributed by atoms with Crippen molar-refractivity contribution in [3.8, 4) is 0 Å². The molecule has 5 fully saturated rings. The monoisotopic (exact) mass is 456 g/mol. The molecule has 2 N–H and O–H groups in total. The summed E-state index contributed by atoms with van der Waals surface area (Å²) in [6.45, 7) is 0. The summed E-state index contributed by atoms with van der Waals surface area (Å²) in [4.78, 5) is 51.4. The highest BCUT2D eigenvalue weighted by Crippen LogP contribution is 2.65. The molecule has 166 valence electrons. The highest BCUT2D eigenvalue weighted by atomic mass is 33.1. The van der Waals surface area contributed by atoms with Crippen molar-refractivity contribution in [1.29, 1.82) is 0 Å². The topological polar surface area (TPSA) is 111 Å². The molecule has 1 aliphatic heterocycles. The van der Waals surface area contributed by atoms with Gasteiger partial charge in [-0.2, -0.15) is 0 Å². The van der Waals surface area contributed by atoms with Gasteiger partial charge in [0.2, 0.25) is 11.8 Å². The maximum atomic E-state index is 13.4. The number of ether oxygens (including phenoxy) is 2. The molecule has 5 rings (SSSR count). The Labute approximate surface area is 183 Å². The lowest BCUT2D eigenvalue weighted by Crippen LogP contribution is -2.63. The largest absolute Gasteiger partial charge is 0.467 e. The van der Waals surface area contributed by atoms with Crippen LogP contribution in [0.25, 0.3) is 0 Å². The number of amides is 2. The lowest BCUT2D eigenvalue weighted by atomic mass is 9.43. The number of hydrogen-bond donors (Lipinski definition) is 2. The van der Waals surface area contributed by atoms with Gasteiger partial charge in [0.05, 0.1) is 25.0 Å². The van der Waals surface area contributed by atoms with Crippen molar-refractivity contribution in [2.45, 2.75) is 50.6 Å². The fourth-order valence-electron chi connectivity index (χ4n) is 6.27. The summed E-state index contributed by atoms with van der Waals surface area (Å²) in [5, 5.41) is 5.87. The zero-order valence-electron chi connectivity index (χ0n) is 17.2. The summed E-state index contributed by atoms with van der Waals surface area (Å²) in [7, 11) is 5.34. The second-order valence-electron chi connectivity index (χ2n) is 9.19. The van der Waals surface area contributed by atoms with Crippen molar-refractivity contribution >= 4 is 45.3 Å². The van der Waals surface area contributed by atoms with Gasteiger partial charge in [-0.1, -0.05) is 21.6 Å². The van der Waals surface area contributed by atoms with Crippen molar-refractivity contribution in [2.24, 2.45) is 22.7 Å². The molecule has 30 heavy (non-hydrogen) atoms. The van der Waals surface area contributed by atoms with Crippen LogP contribution < -0.4 is 10.6 Å². The van der Waals surface area contributed by atoms with E-state index in [2.05, 4.69) is 10.6 Å². The van der Waals surface area contributed by atoms with E-state index in [4.69, 9.17) is 9.47 Å². The number of hydrogen-bond acceptors (Lipinski definition) is 8. The van der Waals surface area contributed by atoms with Crippen LogP contribution in [0.3, 0.4) is 0 Å². The van der Waals surface area contributed by atoms with Crippen molar-refractivity contribution in [2.75, 3.05) is 25.7 Å². The van der Waals surface area contributed by atoms with Gasteiger partial charge in [0.25, 0.3) is 0 Å². The Morgan fingerprint density at radius 3 is 1.60 bits per heavy atom. The van der Waals surface area contributed by atoms with Crippen molar-refractivity contribution < 1.29 is 28.7 Å². The van der Waals surface area contributed by atoms with Gasteiger partial charge in [0.1, 0.15) is 12.1 Å². The molecule has 4 bridgehead atoms. The molecule has 0 radical (unpaired) electrons. The molecule has 2 amide bonds. The minimum Gasteiger partial charge on any atom is -0.467 e. The summed E-state index contributed by atoms with van der Waals surface area (Å²) in [6, 6.07) is -1.52. The third kappa shape index (κ3) is 3.81. The first-order chi connectivity index (χ1) is 14.3. The minimum absolute atomic E-state index is 0.140.